The molecule has 84 valence electrons. The van der Waals surface area contributed by atoms with Crippen LogP contribution in [0.3, 0.4) is 0 Å². The van der Waals surface area contributed by atoms with Gasteiger partial charge in [-0.05, 0) is 47.0 Å². The van der Waals surface area contributed by atoms with Gasteiger partial charge in [0.15, 0.2) is 0 Å². The van der Waals surface area contributed by atoms with Crippen LogP contribution in [0, 0.1) is 0 Å². The summed E-state index contributed by atoms with van der Waals surface area (Å²) in [6.07, 6.45) is 1.55. The molecule has 0 saturated carbocycles. The van der Waals surface area contributed by atoms with Crippen molar-refractivity contribution in [3.63, 3.8) is 0 Å². The first-order valence-corrected chi connectivity index (χ1v) is 5.07. The van der Waals surface area contributed by atoms with Gasteiger partial charge in [-0.15, -0.1) is 0 Å². The second-order valence-electron chi connectivity index (χ2n) is 3.89. The van der Waals surface area contributed by atoms with Crippen LogP contribution >= 0.6 is 0 Å². The molecule has 0 fully saturated rings. The van der Waals surface area contributed by atoms with Crippen molar-refractivity contribution in [2.45, 2.75) is 32.2 Å². The SMILES string of the molecule is CCN(C)CCCC(C)(NC)C(=O)O. The smallest absolute Gasteiger partial charge is 0.323 e. The van der Waals surface area contributed by atoms with Crippen LogP contribution in [0.1, 0.15) is 26.7 Å². The largest absolute Gasteiger partial charge is 0.480 e. The van der Waals surface area contributed by atoms with Crippen molar-refractivity contribution in [3.05, 3.63) is 0 Å². The van der Waals surface area contributed by atoms with E-state index in [1.807, 2.05) is 7.05 Å². The summed E-state index contributed by atoms with van der Waals surface area (Å²) in [6.45, 7) is 5.76. The Kier molecular flexibility index (Phi) is 5.72. The Morgan fingerprint density at radius 3 is 2.50 bits per heavy atom. The monoisotopic (exact) mass is 202 g/mol. The predicted molar refractivity (Wildman–Crippen MR) is 57.5 cm³/mol. The van der Waals surface area contributed by atoms with Crippen molar-refractivity contribution in [2.75, 3.05) is 27.2 Å². The predicted octanol–water partition coefficient (Wildman–Crippen LogP) is 0.781. The summed E-state index contributed by atoms with van der Waals surface area (Å²) in [7, 11) is 3.73. The van der Waals surface area contributed by atoms with E-state index >= 15 is 0 Å². The molecular formula is C10H22N2O2. The number of nitrogens with zero attached hydrogens (tertiary/aromatic N) is 1. The fraction of sp³-hybridized carbons (Fsp3) is 0.900. The van der Waals surface area contributed by atoms with E-state index in [0.717, 1.165) is 19.5 Å². The first kappa shape index (κ1) is 13.4. The van der Waals surface area contributed by atoms with Gasteiger partial charge in [0, 0.05) is 0 Å². The average Bonchev–Trinajstić information content (AvgIpc) is 2.16. The summed E-state index contributed by atoms with van der Waals surface area (Å²) in [4.78, 5) is 13.1. The summed E-state index contributed by atoms with van der Waals surface area (Å²) < 4.78 is 0. The molecule has 0 aromatic carbocycles. The van der Waals surface area contributed by atoms with Crippen LogP contribution in [0.25, 0.3) is 0 Å². The van der Waals surface area contributed by atoms with Crippen LogP contribution in [0.2, 0.25) is 0 Å². The first-order chi connectivity index (χ1) is 6.46. The van der Waals surface area contributed by atoms with Gasteiger partial charge in [0.05, 0.1) is 0 Å². The maximum atomic E-state index is 10.9. The van der Waals surface area contributed by atoms with Gasteiger partial charge in [-0.1, -0.05) is 6.92 Å². The summed E-state index contributed by atoms with van der Waals surface area (Å²) in [5.41, 5.74) is -0.783. The minimum Gasteiger partial charge on any atom is -0.480 e. The summed E-state index contributed by atoms with van der Waals surface area (Å²) in [5, 5.41) is 11.8. The number of hydrogen-bond acceptors (Lipinski definition) is 3. The number of hydrogen-bond donors (Lipinski definition) is 2. The number of carbonyl (C=O) groups is 1. The van der Waals surface area contributed by atoms with Gasteiger partial charge < -0.3 is 15.3 Å². The normalized spacial score (nSPS) is 15.5. The Bertz CT molecular complexity index is 185. The van der Waals surface area contributed by atoms with Gasteiger partial charge in [-0.25, -0.2) is 0 Å². The number of nitrogens with one attached hydrogen (secondary N) is 1. The first-order valence-electron chi connectivity index (χ1n) is 5.07. The molecule has 0 rings (SSSR count). The maximum Gasteiger partial charge on any atom is 0.323 e. The Hall–Kier alpha value is -0.610. The Balaban J connectivity index is 3.90. The van der Waals surface area contributed by atoms with E-state index in [2.05, 4.69) is 17.1 Å². The van der Waals surface area contributed by atoms with Crippen molar-refractivity contribution < 1.29 is 9.90 Å². The molecule has 0 aliphatic heterocycles. The number of rotatable bonds is 7. The summed E-state index contributed by atoms with van der Waals surface area (Å²) in [6, 6.07) is 0. The molecule has 0 spiro atoms. The van der Waals surface area contributed by atoms with E-state index < -0.39 is 11.5 Å². The van der Waals surface area contributed by atoms with Gasteiger partial charge in [-0.3, -0.25) is 4.79 Å². The second kappa shape index (κ2) is 5.98. The third-order valence-electron chi connectivity index (χ3n) is 2.78. The number of carboxylic acids is 1. The molecule has 0 aliphatic carbocycles. The van der Waals surface area contributed by atoms with Gasteiger partial charge in [-0.2, -0.15) is 0 Å². The molecule has 1 unspecified atom stereocenters. The molecule has 0 aliphatic rings. The van der Waals surface area contributed by atoms with Crippen LogP contribution in [0.15, 0.2) is 0 Å². The maximum absolute atomic E-state index is 10.9. The molecular weight excluding hydrogens is 180 g/mol. The lowest BCUT2D eigenvalue weighted by Gasteiger charge is -2.25. The molecule has 0 saturated heterocycles. The van der Waals surface area contributed by atoms with E-state index in [0.29, 0.717) is 6.42 Å². The number of aliphatic carboxylic acids is 1. The van der Waals surface area contributed by atoms with Gasteiger partial charge in [0.25, 0.3) is 0 Å². The number of likely N-dealkylation sites (N-methyl/N-ethyl adjacent to an activating group) is 1. The molecule has 1 atom stereocenters. The van der Waals surface area contributed by atoms with Crippen LogP contribution < -0.4 is 5.32 Å². The molecule has 0 aromatic rings. The van der Waals surface area contributed by atoms with E-state index in [1.165, 1.54) is 0 Å². The summed E-state index contributed by atoms with van der Waals surface area (Å²) in [5.74, 6) is -0.779. The molecule has 14 heavy (non-hydrogen) atoms. The Morgan fingerprint density at radius 1 is 1.57 bits per heavy atom. The van der Waals surface area contributed by atoms with Crippen molar-refractivity contribution in [1.29, 1.82) is 0 Å². The second-order valence-corrected chi connectivity index (χ2v) is 3.89. The Labute approximate surface area is 86.3 Å². The molecule has 4 heteroatoms. The highest BCUT2D eigenvalue weighted by atomic mass is 16.4. The Morgan fingerprint density at radius 2 is 2.14 bits per heavy atom. The lowest BCUT2D eigenvalue weighted by Crippen LogP contribution is -2.47. The van der Waals surface area contributed by atoms with E-state index in [4.69, 9.17) is 5.11 Å². The third kappa shape index (κ3) is 4.07. The van der Waals surface area contributed by atoms with Crippen LogP contribution in [0.5, 0.6) is 0 Å². The number of carboxylic acid groups (broad SMARTS) is 1. The van der Waals surface area contributed by atoms with Crippen molar-refractivity contribution in [3.8, 4) is 0 Å². The standard InChI is InChI=1S/C10H22N2O2/c1-5-12(4)8-6-7-10(2,11-3)9(13)14/h11H,5-8H2,1-4H3,(H,13,14). The highest BCUT2D eigenvalue weighted by molar-refractivity contribution is 5.78. The van der Waals surface area contributed by atoms with Crippen LogP contribution in [0.4, 0.5) is 0 Å². The topological polar surface area (TPSA) is 52.6 Å². The van der Waals surface area contributed by atoms with Gasteiger partial charge >= 0.3 is 5.97 Å². The zero-order valence-electron chi connectivity index (χ0n) is 9.63. The lowest BCUT2D eigenvalue weighted by molar-refractivity contribution is -0.144. The van der Waals surface area contributed by atoms with E-state index in [9.17, 15) is 4.79 Å². The lowest BCUT2D eigenvalue weighted by atomic mass is 9.96. The van der Waals surface area contributed by atoms with Gasteiger partial charge in [0.1, 0.15) is 5.54 Å². The van der Waals surface area contributed by atoms with Crippen molar-refractivity contribution in [1.82, 2.24) is 10.2 Å². The average molecular weight is 202 g/mol. The zero-order valence-corrected chi connectivity index (χ0v) is 9.63. The third-order valence-corrected chi connectivity index (χ3v) is 2.78. The van der Waals surface area contributed by atoms with Crippen LogP contribution in [-0.2, 0) is 4.79 Å². The fourth-order valence-electron chi connectivity index (χ4n) is 1.20. The summed E-state index contributed by atoms with van der Waals surface area (Å²) >= 11 is 0. The quantitative estimate of drug-likeness (QED) is 0.640. The molecule has 0 bridgehead atoms. The van der Waals surface area contributed by atoms with Crippen molar-refractivity contribution >= 4 is 5.97 Å². The molecule has 0 aromatic heterocycles. The minimum atomic E-state index is -0.783. The highest BCUT2D eigenvalue weighted by Crippen LogP contribution is 2.12. The molecule has 0 radical (unpaired) electrons. The highest BCUT2D eigenvalue weighted by Gasteiger charge is 2.30. The molecule has 2 N–H and O–H groups in total. The van der Waals surface area contributed by atoms with Crippen molar-refractivity contribution in [2.24, 2.45) is 0 Å². The van der Waals surface area contributed by atoms with E-state index in [-0.39, 0.29) is 0 Å². The molecule has 0 heterocycles. The van der Waals surface area contributed by atoms with Gasteiger partial charge in [0.2, 0.25) is 0 Å². The minimum absolute atomic E-state index is 0.656. The molecule has 0 amide bonds. The van der Waals surface area contributed by atoms with E-state index in [1.54, 1.807) is 14.0 Å². The zero-order chi connectivity index (χ0) is 11.2. The molecule has 4 nitrogen and oxygen atoms in total. The van der Waals surface area contributed by atoms with Crippen LogP contribution in [-0.4, -0.2) is 48.7 Å². The fourth-order valence-corrected chi connectivity index (χ4v) is 1.20.